The molecule has 1 N–H and O–H groups in total. The lowest BCUT2D eigenvalue weighted by atomic mass is 10.1. The molecule has 0 fully saturated rings. The Morgan fingerprint density at radius 1 is 1.00 bits per heavy atom. The molecule has 0 bridgehead atoms. The molecule has 0 saturated carbocycles. The number of amides is 2. The normalized spacial score (nSPS) is 11.6. The number of thioether (sulfide) groups is 1. The second-order valence-corrected chi connectivity index (χ2v) is 6.41. The van der Waals surface area contributed by atoms with E-state index < -0.39 is 5.25 Å². The largest absolute Gasteiger partial charge is 0.347 e. The van der Waals surface area contributed by atoms with Crippen molar-refractivity contribution in [3.05, 3.63) is 66.2 Å². The fraction of sp³-hybridized carbons (Fsp3) is 0.222. The maximum atomic E-state index is 12.6. The van der Waals surface area contributed by atoms with Gasteiger partial charge in [0, 0.05) is 19.0 Å². The molecule has 1 atom stereocenters. The molecule has 0 aliphatic carbocycles. The van der Waals surface area contributed by atoms with Crippen molar-refractivity contribution in [3.8, 4) is 0 Å². The average molecular weight is 328 g/mol. The molecule has 0 aromatic heterocycles. The first-order chi connectivity index (χ1) is 11.1. The third-order valence-electron chi connectivity index (χ3n) is 3.25. The standard InChI is InChI=1S/C18H20N2O2S/c1-20(2)16(21)13-19-18(22)17(14-9-5-3-6-10-14)23-15-11-7-4-8-12-15/h3-12,17H,13H2,1-2H3,(H,19,22). The Morgan fingerprint density at radius 3 is 2.13 bits per heavy atom. The highest BCUT2D eigenvalue weighted by molar-refractivity contribution is 8.00. The predicted octanol–water partition coefficient (Wildman–Crippen LogP) is 2.72. The SMILES string of the molecule is CN(C)C(=O)CNC(=O)C(Sc1ccccc1)c1ccccc1. The lowest BCUT2D eigenvalue weighted by molar-refractivity contribution is -0.130. The van der Waals surface area contributed by atoms with Crippen LogP contribution in [0.5, 0.6) is 0 Å². The van der Waals surface area contributed by atoms with Crippen molar-refractivity contribution >= 4 is 23.6 Å². The van der Waals surface area contributed by atoms with E-state index in [-0.39, 0.29) is 18.4 Å². The predicted molar refractivity (Wildman–Crippen MR) is 93.2 cm³/mol. The highest BCUT2D eigenvalue weighted by Crippen LogP contribution is 2.35. The minimum absolute atomic E-state index is 0.00448. The Morgan fingerprint density at radius 2 is 1.57 bits per heavy atom. The molecule has 0 heterocycles. The first-order valence-electron chi connectivity index (χ1n) is 7.32. The van der Waals surface area contributed by atoms with Gasteiger partial charge in [-0.15, -0.1) is 11.8 Å². The van der Waals surface area contributed by atoms with Crippen LogP contribution in [0.2, 0.25) is 0 Å². The number of likely N-dealkylation sites (N-methyl/N-ethyl adjacent to an activating group) is 1. The minimum atomic E-state index is -0.395. The smallest absolute Gasteiger partial charge is 0.241 e. The van der Waals surface area contributed by atoms with Crippen molar-refractivity contribution in [3.63, 3.8) is 0 Å². The first kappa shape index (κ1) is 17.1. The van der Waals surface area contributed by atoms with Gasteiger partial charge in [-0.3, -0.25) is 9.59 Å². The van der Waals surface area contributed by atoms with Crippen molar-refractivity contribution in [1.29, 1.82) is 0 Å². The number of hydrogen-bond acceptors (Lipinski definition) is 3. The molecule has 0 aliphatic heterocycles. The maximum Gasteiger partial charge on any atom is 0.241 e. The van der Waals surface area contributed by atoms with Crippen LogP contribution in [0, 0.1) is 0 Å². The Labute approximate surface area is 140 Å². The Balaban J connectivity index is 2.13. The molecular weight excluding hydrogens is 308 g/mol. The third-order valence-corrected chi connectivity index (χ3v) is 4.52. The maximum absolute atomic E-state index is 12.6. The first-order valence-corrected chi connectivity index (χ1v) is 8.20. The van der Waals surface area contributed by atoms with Gasteiger partial charge >= 0.3 is 0 Å². The molecule has 0 spiro atoms. The summed E-state index contributed by atoms with van der Waals surface area (Å²) in [5, 5.41) is 2.34. The van der Waals surface area contributed by atoms with E-state index in [0.717, 1.165) is 10.5 Å². The Hall–Kier alpha value is -2.27. The molecular formula is C18H20N2O2S. The minimum Gasteiger partial charge on any atom is -0.347 e. The molecule has 2 aromatic carbocycles. The number of benzene rings is 2. The number of rotatable bonds is 6. The van der Waals surface area contributed by atoms with E-state index in [1.165, 1.54) is 16.7 Å². The van der Waals surface area contributed by atoms with Crippen LogP contribution in [0.1, 0.15) is 10.8 Å². The highest BCUT2D eigenvalue weighted by atomic mass is 32.2. The van der Waals surface area contributed by atoms with E-state index >= 15 is 0 Å². The number of carbonyl (C=O) groups is 2. The molecule has 4 nitrogen and oxygen atoms in total. The van der Waals surface area contributed by atoms with Gasteiger partial charge < -0.3 is 10.2 Å². The number of hydrogen-bond donors (Lipinski definition) is 1. The van der Waals surface area contributed by atoms with Gasteiger partial charge in [0.1, 0.15) is 5.25 Å². The van der Waals surface area contributed by atoms with E-state index in [4.69, 9.17) is 0 Å². The average Bonchev–Trinajstić information content (AvgIpc) is 2.58. The molecule has 0 aliphatic rings. The molecule has 0 saturated heterocycles. The molecule has 120 valence electrons. The van der Waals surface area contributed by atoms with Crippen LogP contribution >= 0.6 is 11.8 Å². The van der Waals surface area contributed by atoms with Crippen LogP contribution in [-0.4, -0.2) is 37.4 Å². The summed E-state index contributed by atoms with van der Waals surface area (Å²) < 4.78 is 0. The van der Waals surface area contributed by atoms with Gasteiger partial charge in [-0.25, -0.2) is 0 Å². The molecule has 0 radical (unpaired) electrons. The molecule has 2 rings (SSSR count). The monoisotopic (exact) mass is 328 g/mol. The zero-order valence-electron chi connectivity index (χ0n) is 13.2. The molecule has 5 heteroatoms. The summed E-state index contributed by atoms with van der Waals surface area (Å²) >= 11 is 1.47. The van der Waals surface area contributed by atoms with Crippen LogP contribution < -0.4 is 5.32 Å². The summed E-state index contributed by atoms with van der Waals surface area (Å²) in [5.41, 5.74) is 0.913. The van der Waals surface area contributed by atoms with Crippen LogP contribution in [0.15, 0.2) is 65.6 Å². The summed E-state index contributed by atoms with van der Waals surface area (Å²) in [6.07, 6.45) is 0. The molecule has 2 amide bonds. The Kier molecular flexibility index (Phi) is 6.23. The Bertz CT molecular complexity index is 645. The summed E-state index contributed by atoms with van der Waals surface area (Å²) in [6, 6.07) is 19.4. The van der Waals surface area contributed by atoms with Gasteiger partial charge in [-0.2, -0.15) is 0 Å². The van der Waals surface area contributed by atoms with Crippen molar-refractivity contribution in [2.24, 2.45) is 0 Å². The summed E-state index contributed by atoms with van der Waals surface area (Å²) in [4.78, 5) is 26.7. The molecule has 23 heavy (non-hydrogen) atoms. The zero-order valence-corrected chi connectivity index (χ0v) is 14.0. The van der Waals surface area contributed by atoms with Gasteiger partial charge in [0.2, 0.25) is 11.8 Å². The second kappa shape index (κ2) is 8.39. The van der Waals surface area contributed by atoms with Gasteiger partial charge in [0.05, 0.1) is 6.54 Å². The van der Waals surface area contributed by atoms with E-state index in [0.29, 0.717) is 0 Å². The van der Waals surface area contributed by atoms with E-state index in [1.54, 1.807) is 14.1 Å². The lowest BCUT2D eigenvalue weighted by Gasteiger charge is -2.18. The quantitative estimate of drug-likeness (QED) is 0.830. The van der Waals surface area contributed by atoms with E-state index in [9.17, 15) is 9.59 Å². The van der Waals surface area contributed by atoms with Crippen LogP contribution in [0.4, 0.5) is 0 Å². The van der Waals surface area contributed by atoms with E-state index in [1.807, 2.05) is 60.7 Å². The van der Waals surface area contributed by atoms with Crippen LogP contribution in [0.25, 0.3) is 0 Å². The topological polar surface area (TPSA) is 49.4 Å². The number of nitrogens with one attached hydrogen (secondary N) is 1. The summed E-state index contributed by atoms with van der Waals surface area (Å²) in [6.45, 7) is 0.00448. The number of nitrogens with zero attached hydrogens (tertiary/aromatic N) is 1. The van der Waals surface area contributed by atoms with Crippen molar-refractivity contribution < 1.29 is 9.59 Å². The van der Waals surface area contributed by atoms with E-state index in [2.05, 4.69) is 5.32 Å². The zero-order chi connectivity index (χ0) is 16.7. The van der Waals surface area contributed by atoms with Gasteiger partial charge in [0.15, 0.2) is 0 Å². The van der Waals surface area contributed by atoms with Gasteiger partial charge in [0.25, 0.3) is 0 Å². The van der Waals surface area contributed by atoms with Crippen molar-refractivity contribution in [2.75, 3.05) is 20.6 Å². The highest BCUT2D eigenvalue weighted by Gasteiger charge is 2.22. The third kappa shape index (κ3) is 5.14. The van der Waals surface area contributed by atoms with Gasteiger partial charge in [-0.1, -0.05) is 48.5 Å². The number of carbonyl (C=O) groups excluding carboxylic acids is 2. The molecule has 1 unspecified atom stereocenters. The van der Waals surface area contributed by atoms with Crippen LogP contribution in [0.3, 0.4) is 0 Å². The summed E-state index contributed by atoms with van der Waals surface area (Å²) in [7, 11) is 3.34. The van der Waals surface area contributed by atoms with Gasteiger partial charge in [-0.05, 0) is 17.7 Å². The summed E-state index contributed by atoms with van der Waals surface area (Å²) in [5.74, 6) is -0.296. The van der Waals surface area contributed by atoms with Crippen molar-refractivity contribution in [2.45, 2.75) is 10.1 Å². The lowest BCUT2D eigenvalue weighted by Crippen LogP contribution is -2.37. The fourth-order valence-electron chi connectivity index (χ4n) is 1.95. The molecule has 2 aromatic rings. The fourth-order valence-corrected chi connectivity index (χ4v) is 3.02. The van der Waals surface area contributed by atoms with Crippen molar-refractivity contribution in [1.82, 2.24) is 10.2 Å². The van der Waals surface area contributed by atoms with Crippen LogP contribution in [-0.2, 0) is 9.59 Å². The second-order valence-electron chi connectivity index (χ2n) is 5.23.